The zero-order valence-electron chi connectivity index (χ0n) is 13.0. The summed E-state index contributed by atoms with van der Waals surface area (Å²) >= 11 is 11.9. The van der Waals surface area contributed by atoms with E-state index in [0.29, 0.717) is 11.7 Å². The predicted octanol–water partition coefficient (Wildman–Crippen LogP) is 3.60. The monoisotopic (exact) mass is 399 g/mol. The molecule has 2 aliphatic heterocycles. The standard InChI is InChI=1S/C17H15Cl2NO4S/c18-13-2-1-3-16(17(13)19)25(21,22)24-10-4-5-11-12-6-7-20-9-15(12)23-14(11)8-10/h1-5,8,12,15,20H,6-7,9H2. The molecule has 2 aliphatic rings. The second-order valence-electron chi connectivity index (χ2n) is 6.04. The Morgan fingerprint density at radius 2 is 2.04 bits per heavy atom. The zero-order valence-corrected chi connectivity index (χ0v) is 15.4. The van der Waals surface area contributed by atoms with Gasteiger partial charge in [0.15, 0.2) is 0 Å². The smallest absolute Gasteiger partial charge is 0.340 e. The van der Waals surface area contributed by atoms with E-state index in [1.54, 1.807) is 12.1 Å². The first-order chi connectivity index (χ1) is 12.0. The topological polar surface area (TPSA) is 64.6 Å². The molecule has 2 atom stereocenters. The molecular weight excluding hydrogens is 385 g/mol. The SMILES string of the molecule is O=S(=O)(Oc1ccc2c(c1)OC1CNCCC21)c1cccc(Cl)c1Cl. The van der Waals surface area contributed by atoms with Gasteiger partial charge >= 0.3 is 10.1 Å². The highest BCUT2D eigenvalue weighted by Gasteiger charge is 2.36. The third-order valence-electron chi connectivity index (χ3n) is 4.48. The molecule has 0 aliphatic carbocycles. The average molecular weight is 400 g/mol. The van der Waals surface area contributed by atoms with Gasteiger partial charge in [-0.15, -0.1) is 0 Å². The van der Waals surface area contributed by atoms with Gasteiger partial charge in [-0.2, -0.15) is 8.42 Å². The summed E-state index contributed by atoms with van der Waals surface area (Å²) in [6, 6.07) is 9.51. The van der Waals surface area contributed by atoms with E-state index in [1.165, 1.54) is 18.2 Å². The van der Waals surface area contributed by atoms with Crippen molar-refractivity contribution in [3.63, 3.8) is 0 Å². The van der Waals surface area contributed by atoms with Crippen LogP contribution in [0.2, 0.25) is 10.0 Å². The average Bonchev–Trinajstić information content (AvgIpc) is 2.94. The van der Waals surface area contributed by atoms with Gasteiger partial charge in [-0.3, -0.25) is 0 Å². The molecule has 8 heteroatoms. The van der Waals surface area contributed by atoms with Gasteiger partial charge in [-0.1, -0.05) is 35.3 Å². The Labute approximate surface area is 156 Å². The van der Waals surface area contributed by atoms with Crippen molar-refractivity contribution in [3.8, 4) is 11.5 Å². The van der Waals surface area contributed by atoms with E-state index in [9.17, 15) is 8.42 Å². The molecule has 5 nitrogen and oxygen atoms in total. The molecule has 1 N–H and O–H groups in total. The lowest BCUT2D eigenvalue weighted by molar-refractivity contribution is 0.176. The minimum Gasteiger partial charge on any atom is -0.488 e. The van der Waals surface area contributed by atoms with Gasteiger partial charge in [-0.05, 0) is 31.2 Å². The van der Waals surface area contributed by atoms with Crippen LogP contribution in [-0.4, -0.2) is 27.6 Å². The first-order valence-corrected chi connectivity index (χ1v) is 10.0. The van der Waals surface area contributed by atoms with E-state index in [4.69, 9.17) is 32.1 Å². The summed E-state index contributed by atoms with van der Waals surface area (Å²) < 4.78 is 36.2. The number of rotatable bonds is 3. The van der Waals surface area contributed by atoms with Gasteiger partial charge in [0, 0.05) is 24.1 Å². The maximum absolute atomic E-state index is 12.5. The molecule has 2 unspecified atom stereocenters. The highest BCUT2D eigenvalue weighted by atomic mass is 35.5. The van der Waals surface area contributed by atoms with Gasteiger partial charge in [0.25, 0.3) is 0 Å². The molecule has 2 aromatic rings. The molecule has 25 heavy (non-hydrogen) atoms. The number of hydrogen-bond donors (Lipinski definition) is 1. The van der Waals surface area contributed by atoms with Gasteiger partial charge in [0.1, 0.15) is 22.5 Å². The Morgan fingerprint density at radius 3 is 2.88 bits per heavy atom. The van der Waals surface area contributed by atoms with E-state index in [-0.39, 0.29) is 26.8 Å². The van der Waals surface area contributed by atoms with E-state index < -0.39 is 10.1 Å². The number of benzene rings is 2. The van der Waals surface area contributed by atoms with Crippen molar-refractivity contribution in [3.05, 3.63) is 52.0 Å². The lowest BCUT2D eigenvalue weighted by atomic mass is 9.90. The maximum atomic E-state index is 12.5. The van der Waals surface area contributed by atoms with Crippen LogP contribution in [0.15, 0.2) is 41.3 Å². The minimum absolute atomic E-state index is 0.0568. The fourth-order valence-corrected chi connectivity index (χ4v) is 4.96. The molecule has 4 rings (SSSR count). The van der Waals surface area contributed by atoms with Crippen LogP contribution in [-0.2, 0) is 10.1 Å². The molecular formula is C17H15Cl2NO4S. The lowest BCUT2D eigenvalue weighted by Crippen LogP contribution is -2.39. The maximum Gasteiger partial charge on any atom is 0.340 e. The number of hydrogen-bond acceptors (Lipinski definition) is 5. The second kappa shape index (κ2) is 6.36. The zero-order chi connectivity index (χ0) is 17.6. The molecule has 0 aromatic heterocycles. The van der Waals surface area contributed by atoms with Crippen LogP contribution >= 0.6 is 23.2 Å². The van der Waals surface area contributed by atoms with E-state index >= 15 is 0 Å². The summed E-state index contributed by atoms with van der Waals surface area (Å²) in [4.78, 5) is -0.166. The molecule has 2 aromatic carbocycles. The molecule has 132 valence electrons. The number of ether oxygens (including phenoxy) is 1. The van der Waals surface area contributed by atoms with Crippen molar-refractivity contribution in [2.75, 3.05) is 13.1 Å². The molecule has 0 amide bonds. The van der Waals surface area contributed by atoms with Crippen LogP contribution in [0.25, 0.3) is 0 Å². The summed E-state index contributed by atoms with van der Waals surface area (Å²) in [7, 11) is -4.09. The molecule has 1 fully saturated rings. The molecule has 2 heterocycles. The van der Waals surface area contributed by atoms with Gasteiger partial charge in [0.2, 0.25) is 0 Å². The Morgan fingerprint density at radius 1 is 1.20 bits per heavy atom. The Balaban J connectivity index is 1.63. The van der Waals surface area contributed by atoms with Crippen LogP contribution in [0.4, 0.5) is 0 Å². The summed E-state index contributed by atoms with van der Waals surface area (Å²) in [5.41, 5.74) is 1.09. The quantitative estimate of drug-likeness (QED) is 0.798. The van der Waals surface area contributed by atoms with Gasteiger partial charge in [-0.25, -0.2) is 0 Å². The molecule has 1 saturated heterocycles. The fourth-order valence-electron chi connectivity index (χ4n) is 3.30. The fraction of sp³-hybridized carbons (Fsp3) is 0.294. The van der Waals surface area contributed by atoms with Crippen LogP contribution in [0.1, 0.15) is 17.9 Å². The highest BCUT2D eigenvalue weighted by Crippen LogP contribution is 2.43. The number of piperidine rings is 1. The minimum atomic E-state index is -4.09. The summed E-state index contributed by atoms with van der Waals surface area (Å²) in [6.45, 7) is 1.73. The molecule has 0 bridgehead atoms. The van der Waals surface area contributed by atoms with Gasteiger partial charge < -0.3 is 14.2 Å². The Bertz CT molecular complexity index is 932. The lowest BCUT2D eigenvalue weighted by Gasteiger charge is -2.24. The van der Waals surface area contributed by atoms with Crippen molar-refractivity contribution in [2.24, 2.45) is 0 Å². The van der Waals surface area contributed by atoms with Crippen LogP contribution in [0.3, 0.4) is 0 Å². The van der Waals surface area contributed by atoms with Crippen LogP contribution < -0.4 is 14.2 Å². The molecule has 0 radical (unpaired) electrons. The first kappa shape index (κ1) is 17.0. The van der Waals surface area contributed by atoms with Crippen LogP contribution in [0, 0.1) is 0 Å². The largest absolute Gasteiger partial charge is 0.488 e. The highest BCUT2D eigenvalue weighted by molar-refractivity contribution is 7.87. The molecule has 0 spiro atoms. The summed E-state index contributed by atoms with van der Waals surface area (Å²) in [5, 5.41) is 3.39. The molecule has 0 saturated carbocycles. The Kier molecular flexibility index (Phi) is 4.32. The van der Waals surface area contributed by atoms with Crippen molar-refractivity contribution in [2.45, 2.75) is 23.3 Å². The van der Waals surface area contributed by atoms with Crippen molar-refractivity contribution in [1.29, 1.82) is 0 Å². The van der Waals surface area contributed by atoms with Crippen molar-refractivity contribution >= 4 is 33.3 Å². The van der Waals surface area contributed by atoms with E-state index in [2.05, 4.69) is 5.32 Å². The normalized spacial score (nSPS) is 22.0. The first-order valence-electron chi connectivity index (χ1n) is 7.85. The van der Waals surface area contributed by atoms with Gasteiger partial charge in [0.05, 0.1) is 10.0 Å². The number of halogens is 2. The van der Waals surface area contributed by atoms with Crippen LogP contribution in [0.5, 0.6) is 11.5 Å². The third kappa shape index (κ3) is 3.08. The number of nitrogens with one attached hydrogen (secondary N) is 1. The van der Waals surface area contributed by atoms with Crippen molar-refractivity contribution in [1.82, 2.24) is 5.32 Å². The second-order valence-corrected chi connectivity index (χ2v) is 8.34. The third-order valence-corrected chi connectivity index (χ3v) is 6.70. The van der Waals surface area contributed by atoms with Crippen molar-refractivity contribution < 1.29 is 17.3 Å². The summed E-state index contributed by atoms with van der Waals surface area (Å²) in [5.74, 6) is 1.19. The van der Waals surface area contributed by atoms with E-state index in [0.717, 1.165) is 25.1 Å². The number of fused-ring (bicyclic) bond motifs is 3. The summed E-state index contributed by atoms with van der Waals surface area (Å²) in [6.07, 6.45) is 1.08. The van der Waals surface area contributed by atoms with E-state index in [1.807, 2.05) is 6.07 Å². The Hall–Kier alpha value is -1.47. The predicted molar refractivity (Wildman–Crippen MR) is 95.4 cm³/mol.